The van der Waals surface area contributed by atoms with Gasteiger partial charge in [0.1, 0.15) is 0 Å². The third-order valence-electron chi connectivity index (χ3n) is 3.12. The normalized spacial score (nSPS) is 11.8. The molecule has 0 aliphatic rings. The van der Waals surface area contributed by atoms with Crippen molar-refractivity contribution in [1.29, 1.82) is 0 Å². The van der Waals surface area contributed by atoms with E-state index in [1.807, 2.05) is 12.1 Å². The molecule has 94 valence electrons. The van der Waals surface area contributed by atoms with Gasteiger partial charge in [-0.25, -0.2) is 0 Å². The first-order valence-corrected chi connectivity index (χ1v) is 6.12. The van der Waals surface area contributed by atoms with Crippen molar-refractivity contribution in [3.8, 4) is 0 Å². The third-order valence-corrected chi connectivity index (χ3v) is 3.12. The zero-order chi connectivity index (χ0) is 13.2. The van der Waals surface area contributed by atoms with Crippen molar-refractivity contribution in [1.82, 2.24) is 20.2 Å². The fourth-order valence-corrected chi connectivity index (χ4v) is 1.74. The van der Waals surface area contributed by atoms with Gasteiger partial charge in [0.05, 0.1) is 22.5 Å². The van der Waals surface area contributed by atoms with Gasteiger partial charge in [-0.2, -0.15) is 10.2 Å². The SMILES string of the molecule is CC(C)c1ccc(C(C)(C)c2cnccn2)nn1. The molecular formula is C14H18N4. The monoisotopic (exact) mass is 242 g/mol. The molecule has 0 spiro atoms. The Balaban J connectivity index is 2.36. The average molecular weight is 242 g/mol. The summed E-state index contributed by atoms with van der Waals surface area (Å²) in [6.07, 6.45) is 5.15. The van der Waals surface area contributed by atoms with Crippen LogP contribution in [0.3, 0.4) is 0 Å². The molecule has 2 aromatic rings. The van der Waals surface area contributed by atoms with Gasteiger partial charge in [0, 0.05) is 18.6 Å². The molecule has 18 heavy (non-hydrogen) atoms. The van der Waals surface area contributed by atoms with Gasteiger partial charge in [-0.1, -0.05) is 13.8 Å². The van der Waals surface area contributed by atoms with Gasteiger partial charge in [-0.05, 0) is 31.9 Å². The van der Waals surface area contributed by atoms with Crippen molar-refractivity contribution in [3.05, 3.63) is 47.8 Å². The van der Waals surface area contributed by atoms with Crippen LogP contribution in [0.4, 0.5) is 0 Å². The quantitative estimate of drug-likeness (QED) is 0.830. The minimum absolute atomic E-state index is 0.281. The molecule has 0 atom stereocenters. The summed E-state index contributed by atoms with van der Waals surface area (Å²) in [5.74, 6) is 0.395. The van der Waals surface area contributed by atoms with E-state index >= 15 is 0 Å². The average Bonchev–Trinajstić information content (AvgIpc) is 2.40. The topological polar surface area (TPSA) is 51.6 Å². The maximum atomic E-state index is 4.35. The summed E-state index contributed by atoms with van der Waals surface area (Å²) in [4.78, 5) is 8.47. The molecule has 0 fully saturated rings. The molecule has 0 N–H and O–H groups in total. The summed E-state index contributed by atoms with van der Waals surface area (Å²) in [5, 5.41) is 8.60. The van der Waals surface area contributed by atoms with Crippen molar-refractivity contribution in [2.75, 3.05) is 0 Å². The van der Waals surface area contributed by atoms with Gasteiger partial charge in [0.2, 0.25) is 0 Å². The van der Waals surface area contributed by atoms with Crippen LogP contribution in [-0.2, 0) is 5.41 Å². The Kier molecular flexibility index (Phi) is 3.36. The number of hydrogen-bond acceptors (Lipinski definition) is 4. The highest BCUT2D eigenvalue weighted by atomic mass is 15.1. The first-order valence-electron chi connectivity index (χ1n) is 6.12. The lowest BCUT2D eigenvalue weighted by Gasteiger charge is -2.22. The van der Waals surface area contributed by atoms with Crippen LogP contribution in [0.25, 0.3) is 0 Å². The van der Waals surface area contributed by atoms with Crippen LogP contribution in [0, 0.1) is 0 Å². The Hall–Kier alpha value is -1.84. The molecule has 0 amide bonds. The lowest BCUT2D eigenvalue weighted by Crippen LogP contribution is -2.23. The first-order chi connectivity index (χ1) is 8.51. The van der Waals surface area contributed by atoms with E-state index in [-0.39, 0.29) is 5.41 Å². The summed E-state index contributed by atoms with van der Waals surface area (Å²) in [6, 6.07) is 4.06. The standard InChI is InChI=1S/C14H18N4/c1-10(2)11-5-6-12(18-17-11)14(3,4)13-9-15-7-8-16-13/h5-10H,1-4H3. The second-order valence-electron chi connectivity index (χ2n) is 5.21. The summed E-state index contributed by atoms with van der Waals surface area (Å²) in [5.41, 5.74) is 2.54. The Labute approximate surface area is 108 Å². The summed E-state index contributed by atoms with van der Waals surface area (Å²) in [7, 11) is 0. The van der Waals surface area contributed by atoms with Gasteiger partial charge in [-0.3, -0.25) is 9.97 Å². The van der Waals surface area contributed by atoms with Crippen molar-refractivity contribution >= 4 is 0 Å². The maximum Gasteiger partial charge on any atom is 0.0747 e. The van der Waals surface area contributed by atoms with Gasteiger partial charge in [-0.15, -0.1) is 0 Å². The van der Waals surface area contributed by atoms with Gasteiger partial charge < -0.3 is 0 Å². The van der Waals surface area contributed by atoms with Gasteiger partial charge in [0.15, 0.2) is 0 Å². The molecule has 0 unspecified atom stereocenters. The highest BCUT2D eigenvalue weighted by Gasteiger charge is 2.27. The Morgan fingerprint density at radius 1 is 1.00 bits per heavy atom. The Morgan fingerprint density at radius 3 is 2.28 bits per heavy atom. The molecule has 4 nitrogen and oxygen atoms in total. The third kappa shape index (κ3) is 2.37. The van der Waals surface area contributed by atoms with E-state index in [2.05, 4.69) is 47.9 Å². The lowest BCUT2D eigenvalue weighted by atomic mass is 9.85. The molecule has 0 aliphatic heterocycles. The van der Waals surface area contributed by atoms with Crippen LogP contribution in [0.1, 0.15) is 50.7 Å². The van der Waals surface area contributed by atoms with Crippen LogP contribution in [0.2, 0.25) is 0 Å². The van der Waals surface area contributed by atoms with E-state index in [9.17, 15) is 0 Å². The highest BCUT2D eigenvalue weighted by Crippen LogP contribution is 2.27. The highest BCUT2D eigenvalue weighted by molar-refractivity contribution is 5.27. The Bertz CT molecular complexity index is 503. The van der Waals surface area contributed by atoms with Crippen LogP contribution in [0.5, 0.6) is 0 Å². The molecular weight excluding hydrogens is 224 g/mol. The molecule has 2 rings (SSSR count). The minimum atomic E-state index is -0.281. The smallest absolute Gasteiger partial charge is 0.0747 e. The predicted molar refractivity (Wildman–Crippen MR) is 70.3 cm³/mol. The second kappa shape index (κ2) is 4.80. The lowest BCUT2D eigenvalue weighted by molar-refractivity contribution is 0.575. The molecule has 0 bridgehead atoms. The Morgan fingerprint density at radius 2 is 1.78 bits per heavy atom. The van der Waals surface area contributed by atoms with E-state index in [1.54, 1.807) is 18.6 Å². The fraction of sp³-hybridized carbons (Fsp3) is 0.429. The van der Waals surface area contributed by atoms with Crippen molar-refractivity contribution in [2.45, 2.75) is 39.0 Å². The van der Waals surface area contributed by atoms with Crippen molar-refractivity contribution in [2.24, 2.45) is 0 Å². The predicted octanol–water partition coefficient (Wildman–Crippen LogP) is 2.72. The molecule has 0 aliphatic carbocycles. The summed E-state index contributed by atoms with van der Waals surface area (Å²) in [6.45, 7) is 8.38. The zero-order valence-electron chi connectivity index (χ0n) is 11.3. The van der Waals surface area contributed by atoms with E-state index < -0.39 is 0 Å². The van der Waals surface area contributed by atoms with E-state index in [1.165, 1.54) is 0 Å². The van der Waals surface area contributed by atoms with E-state index in [0.29, 0.717) is 5.92 Å². The molecule has 0 radical (unpaired) electrons. The van der Waals surface area contributed by atoms with E-state index in [0.717, 1.165) is 17.1 Å². The minimum Gasteiger partial charge on any atom is -0.261 e. The number of nitrogens with zero attached hydrogens (tertiary/aromatic N) is 4. The fourth-order valence-electron chi connectivity index (χ4n) is 1.74. The molecule has 0 saturated heterocycles. The van der Waals surface area contributed by atoms with Crippen molar-refractivity contribution < 1.29 is 0 Å². The first kappa shape index (κ1) is 12.6. The zero-order valence-corrected chi connectivity index (χ0v) is 11.3. The van der Waals surface area contributed by atoms with Crippen LogP contribution in [-0.4, -0.2) is 20.2 Å². The van der Waals surface area contributed by atoms with Crippen LogP contribution < -0.4 is 0 Å². The van der Waals surface area contributed by atoms with Crippen molar-refractivity contribution in [3.63, 3.8) is 0 Å². The molecule has 0 saturated carbocycles. The van der Waals surface area contributed by atoms with Gasteiger partial charge >= 0.3 is 0 Å². The second-order valence-corrected chi connectivity index (χ2v) is 5.21. The van der Waals surface area contributed by atoms with Crippen LogP contribution in [0.15, 0.2) is 30.7 Å². The van der Waals surface area contributed by atoms with Crippen LogP contribution >= 0.6 is 0 Å². The van der Waals surface area contributed by atoms with E-state index in [4.69, 9.17) is 0 Å². The maximum absolute atomic E-state index is 4.35. The molecule has 2 heterocycles. The largest absolute Gasteiger partial charge is 0.261 e. The molecule has 2 aromatic heterocycles. The number of rotatable bonds is 3. The molecule has 0 aromatic carbocycles. The van der Waals surface area contributed by atoms with Gasteiger partial charge in [0.25, 0.3) is 0 Å². The summed E-state index contributed by atoms with van der Waals surface area (Å²) < 4.78 is 0. The molecule has 4 heteroatoms. The summed E-state index contributed by atoms with van der Waals surface area (Å²) >= 11 is 0. The number of aromatic nitrogens is 4. The number of hydrogen-bond donors (Lipinski definition) is 0.